The molecule has 2 heterocycles. The van der Waals surface area contributed by atoms with E-state index >= 15 is 0 Å². The van der Waals surface area contributed by atoms with Crippen LogP contribution < -0.4 is 5.32 Å². The lowest BCUT2D eigenvalue weighted by Gasteiger charge is -2.34. The van der Waals surface area contributed by atoms with Crippen molar-refractivity contribution in [1.82, 2.24) is 15.1 Å². The zero-order valence-electron chi connectivity index (χ0n) is 14.2. The van der Waals surface area contributed by atoms with Gasteiger partial charge in [-0.15, -0.1) is 0 Å². The summed E-state index contributed by atoms with van der Waals surface area (Å²) < 4.78 is 0. The lowest BCUT2D eigenvalue weighted by Crippen LogP contribution is -2.48. The van der Waals surface area contributed by atoms with Crippen molar-refractivity contribution in [1.29, 1.82) is 0 Å². The molecule has 0 atom stereocenters. The van der Waals surface area contributed by atoms with Crippen LogP contribution >= 0.6 is 0 Å². The molecule has 0 radical (unpaired) electrons. The summed E-state index contributed by atoms with van der Waals surface area (Å²) in [6.45, 7) is 4.11. The third-order valence-electron chi connectivity index (χ3n) is 5.03. The number of rotatable bonds is 4. The number of likely N-dealkylation sites (tertiary alicyclic amines) is 2. The van der Waals surface area contributed by atoms with Gasteiger partial charge in [-0.25, -0.2) is 0 Å². The van der Waals surface area contributed by atoms with E-state index in [-0.39, 0.29) is 17.9 Å². The molecule has 2 aliphatic rings. The Bertz CT molecular complexity index is 547. The Labute approximate surface area is 144 Å². The van der Waals surface area contributed by atoms with Crippen molar-refractivity contribution in [3.8, 4) is 0 Å². The molecule has 0 bridgehead atoms. The molecule has 1 aromatic rings. The zero-order valence-corrected chi connectivity index (χ0v) is 14.2. The SMILES string of the molecule is O=C(NC1CCN(CC(=O)N2CCCCC2)CC1)c1ccccc1. The number of benzene rings is 1. The van der Waals surface area contributed by atoms with Crippen molar-refractivity contribution in [2.75, 3.05) is 32.7 Å². The second kappa shape index (κ2) is 8.29. The fourth-order valence-electron chi connectivity index (χ4n) is 3.53. The Hall–Kier alpha value is -1.88. The summed E-state index contributed by atoms with van der Waals surface area (Å²) in [6.07, 6.45) is 5.34. The summed E-state index contributed by atoms with van der Waals surface area (Å²) in [7, 11) is 0. The van der Waals surface area contributed by atoms with Gasteiger partial charge in [0.05, 0.1) is 6.54 Å². The highest BCUT2D eigenvalue weighted by Gasteiger charge is 2.24. The van der Waals surface area contributed by atoms with Gasteiger partial charge in [-0.2, -0.15) is 0 Å². The third-order valence-corrected chi connectivity index (χ3v) is 5.03. The van der Waals surface area contributed by atoms with E-state index in [4.69, 9.17) is 0 Å². The first-order valence-electron chi connectivity index (χ1n) is 9.08. The average molecular weight is 329 g/mol. The van der Waals surface area contributed by atoms with E-state index < -0.39 is 0 Å². The van der Waals surface area contributed by atoms with E-state index in [0.29, 0.717) is 12.1 Å². The van der Waals surface area contributed by atoms with Crippen LogP contribution in [0.1, 0.15) is 42.5 Å². The van der Waals surface area contributed by atoms with Crippen LogP contribution in [0, 0.1) is 0 Å². The van der Waals surface area contributed by atoms with Gasteiger partial charge in [0, 0.05) is 37.8 Å². The lowest BCUT2D eigenvalue weighted by molar-refractivity contribution is -0.133. The van der Waals surface area contributed by atoms with E-state index in [0.717, 1.165) is 51.9 Å². The molecule has 2 amide bonds. The molecule has 2 aliphatic heterocycles. The normalized spacial score (nSPS) is 19.9. The second-order valence-electron chi connectivity index (χ2n) is 6.83. The third kappa shape index (κ3) is 4.57. The van der Waals surface area contributed by atoms with Crippen LogP contribution in [0.25, 0.3) is 0 Å². The molecule has 5 nitrogen and oxygen atoms in total. The minimum absolute atomic E-state index is 0.00144. The van der Waals surface area contributed by atoms with Gasteiger partial charge < -0.3 is 10.2 Å². The molecule has 5 heteroatoms. The van der Waals surface area contributed by atoms with Crippen molar-refractivity contribution in [2.45, 2.75) is 38.1 Å². The van der Waals surface area contributed by atoms with Crippen molar-refractivity contribution in [2.24, 2.45) is 0 Å². The van der Waals surface area contributed by atoms with E-state index in [9.17, 15) is 9.59 Å². The maximum Gasteiger partial charge on any atom is 0.251 e. The number of hydrogen-bond acceptors (Lipinski definition) is 3. The van der Waals surface area contributed by atoms with Crippen LogP contribution in [0.5, 0.6) is 0 Å². The molecule has 0 spiro atoms. The molecule has 0 saturated carbocycles. The fraction of sp³-hybridized carbons (Fsp3) is 0.579. The summed E-state index contributed by atoms with van der Waals surface area (Å²) >= 11 is 0. The van der Waals surface area contributed by atoms with Gasteiger partial charge in [-0.1, -0.05) is 18.2 Å². The average Bonchev–Trinajstić information content (AvgIpc) is 2.65. The molecule has 3 rings (SSSR count). The van der Waals surface area contributed by atoms with E-state index in [1.54, 1.807) is 0 Å². The van der Waals surface area contributed by atoms with Crippen LogP contribution in [0.4, 0.5) is 0 Å². The van der Waals surface area contributed by atoms with Gasteiger partial charge in [0.25, 0.3) is 5.91 Å². The van der Waals surface area contributed by atoms with Gasteiger partial charge in [0.15, 0.2) is 0 Å². The highest BCUT2D eigenvalue weighted by molar-refractivity contribution is 5.94. The van der Waals surface area contributed by atoms with Crippen molar-refractivity contribution in [3.63, 3.8) is 0 Å². The maximum atomic E-state index is 12.3. The molecule has 24 heavy (non-hydrogen) atoms. The van der Waals surface area contributed by atoms with E-state index in [1.807, 2.05) is 35.2 Å². The summed E-state index contributed by atoms with van der Waals surface area (Å²) in [4.78, 5) is 28.7. The molecular weight excluding hydrogens is 302 g/mol. The fourth-order valence-corrected chi connectivity index (χ4v) is 3.53. The molecule has 2 fully saturated rings. The first kappa shape index (κ1) is 17.0. The number of nitrogens with zero attached hydrogens (tertiary/aromatic N) is 2. The summed E-state index contributed by atoms with van der Waals surface area (Å²) in [5.41, 5.74) is 0.709. The Balaban J connectivity index is 1.41. The van der Waals surface area contributed by atoms with E-state index in [2.05, 4.69) is 10.2 Å². The smallest absolute Gasteiger partial charge is 0.251 e. The van der Waals surface area contributed by atoms with Gasteiger partial charge >= 0.3 is 0 Å². The van der Waals surface area contributed by atoms with Crippen LogP contribution in [0.2, 0.25) is 0 Å². The second-order valence-corrected chi connectivity index (χ2v) is 6.83. The summed E-state index contributed by atoms with van der Waals surface area (Å²) in [6, 6.07) is 9.55. The molecule has 2 saturated heterocycles. The highest BCUT2D eigenvalue weighted by Crippen LogP contribution is 2.13. The molecule has 0 aliphatic carbocycles. The minimum atomic E-state index is -0.00144. The molecule has 0 unspecified atom stereocenters. The number of piperidine rings is 2. The Morgan fingerprint density at radius 1 is 0.958 bits per heavy atom. The van der Waals surface area contributed by atoms with Gasteiger partial charge in [-0.3, -0.25) is 14.5 Å². The maximum absolute atomic E-state index is 12.3. The van der Waals surface area contributed by atoms with Crippen LogP contribution in [0.15, 0.2) is 30.3 Å². The van der Waals surface area contributed by atoms with Crippen LogP contribution in [-0.2, 0) is 4.79 Å². The largest absolute Gasteiger partial charge is 0.349 e. The topological polar surface area (TPSA) is 52.7 Å². The molecular formula is C19H27N3O2. The van der Waals surface area contributed by atoms with Gasteiger partial charge in [0.2, 0.25) is 5.91 Å². The number of nitrogens with one attached hydrogen (secondary N) is 1. The minimum Gasteiger partial charge on any atom is -0.349 e. The molecule has 1 N–H and O–H groups in total. The van der Waals surface area contributed by atoms with Crippen molar-refractivity contribution < 1.29 is 9.59 Å². The summed E-state index contributed by atoms with van der Waals surface area (Å²) in [5, 5.41) is 3.11. The number of hydrogen-bond donors (Lipinski definition) is 1. The van der Waals surface area contributed by atoms with Crippen molar-refractivity contribution >= 4 is 11.8 Å². The Morgan fingerprint density at radius 3 is 2.29 bits per heavy atom. The van der Waals surface area contributed by atoms with Crippen molar-refractivity contribution in [3.05, 3.63) is 35.9 Å². The number of carbonyl (C=O) groups is 2. The lowest BCUT2D eigenvalue weighted by atomic mass is 10.0. The van der Waals surface area contributed by atoms with Crippen LogP contribution in [-0.4, -0.2) is 60.4 Å². The predicted molar refractivity (Wildman–Crippen MR) is 93.8 cm³/mol. The van der Waals surface area contributed by atoms with Gasteiger partial charge in [-0.05, 0) is 44.2 Å². The van der Waals surface area contributed by atoms with Crippen LogP contribution in [0.3, 0.4) is 0 Å². The quantitative estimate of drug-likeness (QED) is 0.918. The van der Waals surface area contributed by atoms with Gasteiger partial charge in [0.1, 0.15) is 0 Å². The first-order valence-corrected chi connectivity index (χ1v) is 9.08. The molecule has 1 aromatic carbocycles. The Kier molecular flexibility index (Phi) is 5.86. The molecule has 0 aromatic heterocycles. The number of amides is 2. The van der Waals surface area contributed by atoms with E-state index in [1.165, 1.54) is 6.42 Å². The Morgan fingerprint density at radius 2 is 1.62 bits per heavy atom. The first-order chi connectivity index (χ1) is 11.7. The monoisotopic (exact) mass is 329 g/mol. The highest BCUT2D eigenvalue weighted by atomic mass is 16.2. The standard InChI is InChI=1S/C19H27N3O2/c23-18(22-11-5-2-6-12-22)15-21-13-9-17(10-14-21)20-19(24)16-7-3-1-4-8-16/h1,3-4,7-8,17H,2,5-6,9-15H2,(H,20,24). The predicted octanol–water partition coefficient (Wildman–Crippen LogP) is 1.89. The number of carbonyl (C=O) groups excluding carboxylic acids is 2. The summed E-state index contributed by atoms with van der Waals surface area (Å²) in [5.74, 6) is 0.264. The zero-order chi connectivity index (χ0) is 16.8. The molecule has 130 valence electrons.